The van der Waals surface area contributed by atoms with Crippen molar-refractivity contribution >= 4 is 23.4 Å². The van der Waals surface area contributed by atoms with Crippen molar-refractivity contribution in [2.45, 2.75) is 19.4 Å². The molecule has 24 heavy (non-hydrogen) atoms. The molecule has 8 heteroatoms. The number of primary amides is 1. The van der Waals surface area contributed by atoms with E-state index in [2.05, 4.69) is 10.2 Å². The van der Waals surface area contributed by atoms with Gasteiger partial charge in [-0.3, -0.25) is 9.59 Å². The molecule has 0 spiro atoms. The molecular formula is C16H18ClN5O2. The number of hydrogen-bond donors (Lipinski definition) is 1. The molecule has 0 unspecified atom stereocenters. The topological polar surface area (TPSA) is 94.1 Å². The predicted octanol–water partition coefficient (Wildman–Crippen LogP) is 0.878. The van der Waals surface area contributed by atoms with Crippen LogP contribution in [0.2, 0.25) is 5.02 Å². The third-order valence-electron chi connectivity index (χ3n) is 4.37. The monoisotopic (exact) mass is 347 g/mol. The molecule has 1 saturated heterocycles. The summed E-state index contributed by atoms with van der Waals surface area (Å²) in [5.74, 6) is -0.378. The van der Waals surface area contributed by atoms with Crippen LogP contribution in [0.15, 0.2) is 36.9 Å². The molecule has 1 fully saturated rings. The van der Waals surface area contributed by atoms with Gasteiger partial charge in [-0.05, 0) is 24.1 Å². The van der Waals surface area contributed by atoms with E-state index in [1.165, 1.54) is 0 Å². The van der Waals surface area contributed by atoms with Crippen LogP contribution in [0.1, 0.15) is 12.0 Å². The van der Waals surface area contributed by atoms with E-state index < -0.39 is 5.41 Å². The maximum absolute atomic E-state index is 12.2. The zero-order chi connectivity index (χ0) is 17.2. The molecule has 2 aromatic rings. The highest BCUT2D eigenvalue weighted by atomic mass is 35.5. The predicted molar refractivity (Wildman–Crippen MR) is 88.0 cm³/mol. The number of hydrogen-bond acceptors (Lipinski definition) is 4. The number of nitrogens with two attached hydrogens (primary N) is 1. The lowest BCUT2D eigenvalue weighted by molar-refractivity contribution is -0.151. The number of rotatable bonds is 6. The summed E-state index contributed by atoms with van der Waals surface area (Å²) in [6.07, 6.45) is 3.98. The Kier molecular flexibility index (Phi) is 4.53. The molecule has 2 heterocycles. The highest BCUT2D eigenvalue weighted by molar-refractivity contribution is 6.30. The summed E-state index contributed by atoms with van der Waals surface area (Å²) < 4.78 is 1.74. The first-order chi connectivity index (χ1) is 11.5. The molecule has 1 aromatic heterocycles. The van der Waals surface area contributed by atoms with Crippen molar-refractivity contribution in [3.63, 3.8) is 0 Å². The fourth-order valence-electron chi connectivity index (χ4n) is 2.93. The number of aryl methyl sites for hydroxylation is 1. The Morgan fingerprint density at radius 2 is 1.79 bits per heavy atom. The second kappa shape index (κ2) is 6.60. The summed E-state index contributed by atoms with van der Waals surface area (Å²) in [5, 5.41) is 8.04. The lowest BCUT2D eigenvalue weighted by Gasteiger charge is -2.48. The van der Waals surface area contributed by atoms with Gasteiger partial charge in [0.2, 0.25) is 11.8 Å². The summed E-state index contributed by atoms with van der Waals surface area (Å²) in [6, 6.07) is 7.33. The number of nitrogens with zero attached hydrogens (tertiary/aromatic N) is 4. The summed E-state index contributed by atoms with van der Waals surface area (Å²) in [4.78, 5) is 25.8. The zero-order valence-corrected chi connectivity index (χ0v) is 13.8. The van der Waals surface area contributed by atoms with Crippen molar-refractivity contribution in [3.8, 4) is 0 Å². The summed E-state index contributed by atoms with van der Waals surface area (Å²) in [5.41, 5.74) is 5.89. The minimum Gasteiger partial charge on any atom is -0.369 e. The van der Waals surface area contributed by atoms with Crippen molar-refractivity contribution in [3.05, 3.63) is 47.5 Å². The van der Waals surface area contributed by atoms with E-state index in [1.54, 1.807) is 34.3 Å². The molecule has 1 aliphatic heterocycles. The number of amides is 2. The first-order valence-corrected chi connectivity index (χ1v) is 8.01. The lowest BCUT2D eigenvalue weighted by Crippen LogP contribution is -2.64. The smallest absolute Gasteiger partial charge is 0.227 e. The van der Waals surface area contributed by atoms with Gasteiger partial charge in [-0.1, -0.05) is 23.7 Å². The molecule has 0 aliphatic carbocycles. The molecule has 2 amide bonds. The first-order valence-electron chi connectivity index (χ1n) is 7.63. The average molecular weight is 348 g/mol. The second-order valence-electron chi connectivity index (χ2n) is 6.15. The summed E-state index contributed by atoms with van der Waals surface area (Å²) in [7, 11) is 0. The maximum Gasteiger partial charge on any atom is 0.227 e. The molecule has 3 rings (SSSR count). The van der Waals surface area contributed by atoms with Gasteiger partial charge in [-0.2, -0.15) is 0 Å². The van der Waals surface area contributed by atoms with Gasteiger partial charge in [0.1, 0.15) is 12.7 Å². The molecule has 0 atom stereocenters. The minimum atomic E-state index is -0.694. The Morgan fingerprint density at radius 3 is 2.38 bits per heavy atom. The fourth-order valence-corrected chi connectivity index (χ4v) is 3.05. The van der Waals surface area contributed by atoms with Crippen LogP contribution in [0.4, 0.5) is 0 Å². The minimum absolute atomic E-state index is 0.00307. The lowest BCUT2D eigenvalue weighted by atomic mass is 9.74. The van der Waals surface area contributed by atoms with Crippen LogP contribution in [-0.4, -0.2) is 44.6 Å². The van der Waals surface area contributed by atoms with Gasteiger partial charge in [-0.15, -0.1) is 10.2 Å². The normalized spacial score (nSPS) is 15.8. The second-order valence-corrected chi connectivity index (χ2v) is 6.58. The van der Waals surface area contributed by atoms with Crippen molar-refractivity contribution in [1.29, 1.82) is 0 Å². The van der Waals surface area contributed by atoms with E-state index in [-0.39, 0.29) is 11.8 Å². The highest BCUT2D eigenvalue weighted by Gasteiger charge is 2.49. The number of aromatic nitrogens is 3. The SMILES string of the molecule is NC(=O)C1(Cc2ccc(Cl)cc2)CN(C(=O)CCn2cnnc2)C1. The molecular weight excluding hydrogens is 330 g/mol. The van der Waals surface area contributed by atoms with Crippen LogP contribution >= 0.6 is 11.6 Å². The third-order valence-corrected chi connectivity index (χ3v) is 4.62. The van der Waals surface area contributed by atoms with Crippen LogP contribution in [-0.2, 0) is 22.6 Å². The van der Waals surface area contributed by atoms with Crippen LogP contribution < -0.4 is 5.73 Å². The number of carbonyl (C=O) groups excluding carboxylic acids is 2. The molecule has 0 bridgehead atoms. The Labute approximate surface area is 144 Å². The van der Waals surface area contributed by atoms with E-state index >= 15 is 0 Å². The van der Waals surface area contributed by atoms with Gasteiger partial charge in [0.25, 0.3) is 0 Å². The fraction of sp³-hybridized carbons (Fsp3) is 0.375. The highest BCUT2D eigenvalue weighted by Crippen LogP contribution is 2.34. The number of likely N-dealkylation sites (tertiary alicyclic amines) is 1. The van der Waals surface area contributed by atoms with Gasteiger partial charge in [0.15, 0.2) is 0 Å². The Balaban J connectivity index is 1.58. The summed E-state index contributed by atoms with van der Waals surface area (Å²) >= 11 is 5.88. The van der Waals surface area contributed by atoms with Gasteiger partial charge < -0.3 is 15.2 Å². The van der Waals surface area contributed by atoms with Crippen LogP contribution in [0.5, 0.6) is 0 Å². The van der Waals surface area contributed by atoms with Gasteiger partial charge >= 0.3 is 0 Å². The molecule has 0 saturated carbocycles. The van der Waals surface area contributed by atoms with E-state index in [0.29, 0.717) is 37.5 Å². The standard InChI is InChI=1S/C16H18ClN5O2/c17-13-3-1-12(2-4-13)7-16(15(18)24)8-22(9-16)14(23)5-6-21-10-19-20-11-21/h1-4,10-11H,5-9H2,(H2,18,24). The Bertz CT molecular complexity index is 723. The van der Waals surface area contributed by atoms with Gasteiger partial charge in [0, 0.05) is 31.1 Å². The number of carbonyl (C=O) groups is 2. The maximum atomic E-state index is 12.2. The summed E-state index contributed by atoms with van der Waals surface area (Å²) in [6.45, 7) is 1.22. The van der Waals surface area contributed by atoms with Gasteiger partial charge in [-0.25, -0.2) is 0 Å². The Morgan fingerprint density at radius 1 is 1.17 bits per heavy atom. The van der Waals surface area contributed by atoms with Gasteiger partial charge in [0.05, 0.1) is 5.41 Å². The van der Waals surface area contributed by atoms with Crippen molar-refractivity contribution in [1.82, 2.24) is 19.7 Å². The van der Waals surface area contributed by atoms with E-state index in [1.807, 2.05) is 12.1 Å². The number of benzene rings is 1. The number of halogens is 1. The average Bonchev–Trinajstić information content (AvgIpc) is 3.03. The van der Waals surface area contributed by atoms with E-state index in [4.69, 9.17) is 17.3 Å². The quantitative estimate of drug-likeness (QED) is 0.839. The first kappa shape index (κ1) is 16.4. The van der Waals surface area contributed by atoms with Crippen molar-refractivity contribution in [2.75, 3.05) is 13.1 Å². The van der Waals surface area contributed by atoms with E-state index in [9.17, 15) is 9.59 Å². The molecule has 1 aliphatic rings. The Hall–Kier alpha value is -2.41. The molecule has 126 valence electrons. The van der Waals surface area contributed by atoms with Crippen LogP contribution in [0, 0.1) is 5.41 Å². The molecule has 2 N–H and O–H groups in total. The third kappa shape index (κ3) is 3.41. The molecule has 7 nitrogen and oxygen atoms in total. The largest absolute Gasteiger partial charge is 0.369 e. The van der Waals surface area contributed by atoms with Crippen molar-refractivity contribution < 1.29 is 9.59 Å². The van der Waals surface area contributed by atoms with E-state index in [0.717, 1.165) is 5.56 Å². The molecule has 0 radical (unpaired) electrons. The molecule has 1 aromatic carbocycles. The van der Waals surface area contributed by atoms with Crippen LogP contribution in [0.25, 0.3) is 0 Å². The van der Waals surface area contributed by atoms with Crippen LogP contribution in [0.3, 0.4) is 0 Å². The zero-order valence-electron chi connectivity index (χ0n) is 13.1. The van der Waals surface area contributed by atoms with Crippen molar-refractivity contribution in [2.24, 2.45) is 11.1 Å².